The van der Waals surface area contributed by atoms with Gasteiger partial charge in [-0.1, -0.05) is 24.3 Å². The van der Waals surface area contributed by atoms with E-state index in [4.69, 9.17) is 0 Å². The molecule has 1 unspecified atom stereocenters. The zero-order chi connectivity index (χ0) is 17.2. The number of pyridine rings is 1. The standard InChI is InChI=1S/C20H20N2O2S/c23-20(24)14-8-11-22(12-9-14)19(17-6-3-4-10-21-17)16-13-25-18-7-2-1-5-15(16)18/h1-7,10,13-14,19H,8-9,11-12H2,(H,23,24). The van der Waals surface area contributed by atoms with Crippen LogP contribution < -0.4 is 0 Å². The number of fused-ring (bicyclic) bond motifs is 1. The Bertz CT molecular complexity index is 870. The summed E-state index contributed by atoms with van der Waals surface area (Å²) in [6.45, 7) is 1.56. The summed E-state index contributed by atoms with van der Waals surface area (Å²) in [6.07, 6.45) is 3.22. The van der Waals surface area contributed by atoms with Gasteiger partial charge in [0.15, 0.2) is 0 Å². The fourth-order valence-corrected chi connectivity index (χ4v) is 4.68. The highest BCUT2D eigenvalue weighted by Crippen LogP contribution is 2.38. The lowest BCUT2D eigenvalue weighted by molar-refractivity contribution is -0.143. The fraction of sp³-hybridized carbons (Fsp3) is 0.300. The van der Waals surface area contributed by atoms with Crippen molar-refractivity contribution in [2.24, 2.45) is 5.92 Å². The van der Waals surface area contributed by atoms with E-state index in [2.05, 4.69) is 45.6 Å². The molecule has 1 atom stereocenters. The molecule has 25 heavy (non-hydrogen) atoms. The maximum atomic E-state index is 11.3. The molecule has 128 valence electrons. The van der Waals surface area contributed by atoms with E-state index in [0.717, 1.165) is 18.8 Å². The molecule has 1 saturated heterocycles. The minimum atomic E-state index is -0.671. The predicted octanol–water partition coefficient (Wildman–Crippen LogP) is 4.18. The molecular formula is C20H20N2O2S. The molecule has 4 nitrogen and oxygen atoms in total. The van der Waals surface area contributed by atoms with Gasteiger partial charge in [-0.3, -0.25) is 14.7 Å². The molecule has 5 heteroatoms. The van der Waals surface area contributed by atoms with Crippen LogP contribution in [0.25, 0.3) is 10.1 Å². The van der Waals surface area contributed by atoms with Crippen LogP contribution in [-0.4, -0.2) is 34.0 Å². The lowest BCUT2D eigenvalue weighted by atomic mass is 9.93. The first-order valence-electron chi connectivity index (χ1n) is 8.58. The molecule has 3 heterocycles. The molecule has 0 spiro atoms. The van der Waals surface area contributed by atoms with Crippen molar-refractivity contribution >= 4 is 27.4 Å². The second-order valence-corrected chi connectivity index (χ2v) is 7.40. The normalized spacial score (nSPS) is 17.6. The average molecular weight is 352 g/mol. The van der Waals surface area contributed by atoms with Crippen LogP contribution in [0.5, 0.6) is 0 Å². The molecule has 1 aromatic carbocycles. The number of likely N-dealkylation sites (tertiary alicyclic amines) is 1. The topological polar surface area (TPSA) is 53.4 Å². The number of carboxylic acid groups (broad SMARTS) is 1. The van der Waals surface area contributed by atoms with Crippen molar-refractivity contribution in [2.75, 3.05) is 13.1 Å². The van der Waals surface area contributed by atoms with Crippen molar-refractivity contribution in [1.82, 2.24) is 9.88 Å². The number of aliphatic carboxylic acids is 1. The first kappa shape index (κ1) is 16.2. The minimum Gasteiger partial charge on any atom is -0.481 e. The van der Waals surface area contributed by atoms with Crippen molar-refractivity contribution in [3.05, 3.63) is 65.3 Å². The fourth-order valence-electron chi connectivity index (χ4n) is 3.70. The van der Waals surface area contributed by atoms with E-state index in [-0.39, 0.29) is 12.0 Å². The van der Waals surface area contributed by atoms with Gasteiger partial charge in [-0.05, 0) is 60.5 Å². The number of benzene rings is 1. The predicted molar refractivity (Wildman–Crippen MR) is 99.8 cm³/mol. The Hall–Kier alpha value is -2.24. The monoisotopic (exact) mass is 352 g/mol. The Balaban J connectivity index is 1.72. The Morgan fingerprint density at radius 1 is 1.16 bits per heavy atom. The number of rotatable bonds is 4. The Labute approximate surface area is 150 Å². The first-order chi connectivity index (χ1) is 12.2. The van der Waals surface area contributed by atoms with Gasteiger partial charge < -0.3 is 5.11 Å². The average Bonchev–Trinajstić information content (AvgIpc) is 3.07. The van der Waals surface area contributed by atoms with Gasteiger partial charge in [-0.15, -0.1) is 11.3 Å². The molecular weight excluding hydrogens is 332 g/mol. The van der Waals surface area contributed by atoms with Crippen molar-refractivity contribution in [3.8, 4) is 0 Å². The highest BCUT2D eigenvalue weighted by Gasteiger charge is 2.31. The summed E-state index contributed by atoms with van der Waals surface area (Å²) in [4.78, 5) is 18.3. The SMILES string of the molecule is O=C(O)C1CCN(C(c2ccccn2)c2csc3ccccc23)CC1. The molecule has 0 radical (unpaired) electrons. The van der Waals surface area contributed by atoms with Gasteiger partial charge in [0.05, 0.1) is 17.7 Å². The molecule has 1 aliphatic heterocycles. The van der Waals surface area contributed by atoms with E-state index in [1.165, 1.54) is 15.6 Å². The summed E-state index contributed by atoms with van der Waals surface area (Å²) in [5.74, 6) is -0.894. The lowest BCUT2D eigenvalue weighted by Gasteiger charge is -2.36. The van der Waals surface area contributed by atoms with Crippen molar-refractivity contribution in [3.63, 3.8) is 0 Å². The molecule has 0 saturated carbocycles. The third kappa shape index (κ3) is 3.17. The van der Waals surface area contributed by atoms with E-state index < -0.39 is 5.97 Å². The summed E-state index contributed by atoms with van der Waals surface area (Å²) >= 11 is 1.76. The summed E-state index contributed by atoms with van der Waals surface area (Å²) in [5, 5.41) is 12.8. The summed E-state index contributed by atoms with van der Waals surface area (Å²) < 4.78 is 1.28. The van der Waals surface area contributed by atoms with Gasteiger partial charge in [-0.25, -0.2) is 0 Å². The zero-order valence-corrected chi connectivity index (χ0v) is 14.7. The van der Waals surface area contributed by atoms with Crippen LogP contribution in [0, 0.1) is 5.92 Å². The maximum absolute atomic E-state index is 11.3. The Kier molecular flexibility index (Phi) is 4.51. The third-order valence-corrected chi connectivity index (χ3v) is 6.00. The summed E-state index contributed by atoms with van der Waals surface area (Å²) in [6, 6.07) is 14.6. The molecule has 3 aromatic rings. The molecule has 4 rings (SSSR count). The maximum Gasteiger partial charge on any atom is 0.306 e. The van der Waals surface area contributed by atoms with Crippen LogP contribution in [0.4, 0.5) is 0 Å². The van der Waals surface area contributed by atoms with Crippen LogP contribution in [0.1, 0.15) is 30.1 Å². The number of nitrogens with zero attached hydrogens (tertiary/aromatic N) is 2. The number of aromatic nitrogens is 1. The van der Waals surface area contributed by atoms with Crippen molar-refractivity contribution < 1.29 is 9.90 Å². The molecule has 0 aliphatic carbocycles. The van der Waals surface area contributed by atoms with E-state index in [0.29, 0.717) is 12.8 Å². The van der Waals surface area contributed by atoms with Gasteiger partial charge >= 0.3 is 5.97 Å². The molecule has 1 N–H and O–H groups in total. The van der Waals surface area contributed by atoms with E-state index in [1.54, 1.807) is 11.3 Å². The number of thiophene rings is 1. The van der Waals surface area contributed by atoms with E-state index in [1.807, 2.05) is 18.3 Å². The van der Waals surface area contributed by atoms with Crippen molar-refractivity contribution in [1.29, 1.82) is 0 Å². The molecule has 0 amide bonds. The Morgan fingerprint density at radius 3 is 2.64 bits per heavy atom. The number of piperidine rings is 1. The molecule has 0 bridgehead atoms. The number of hydrogen-bond donors (Lipinski definition) is 1. The summed E-state index contributed by atoms with van der Waals surface area (Å²) in [7, 11) is 0. The Morgan fingerprint density at radius 2 is 1.92 bits per heavy atom. The van der Waals surface area contributed by atoms with Gasteiger partial charge in [0.1, 0.15) is 0 Å². The lowest BCUT2D eigenvalue weighted by Crippen LogP contribution is -2.39. The van der Waals surface area contributed by atoms with Gasteiger partial charge in [0.2, 0.25) is 0 Å². The summed E-state index contributed by atoms with van der Waals surface area (Å²) in [5.41, 5.74) is 2.30. The van der Waals surface area contributed by atoms with Gasteiger partial charge in [0, 0.05) is 10.9 Å². The minimum absolute atomic E-state index is 0.0760. The van der Waals surface area contributed by atoms with E-state index >= 15 is 0 Å². The molecule has 2 aromatic heterocycles. The van der Waals surface area contributed by atoms with Crippen LogP contribution in [-0.2, 0) is 4.79 Å². The van der Waals surface area contributed by atoms with Gasteiger partial charge in [0.25, 0.3) is 0 Å². The number of hydrogen-bond acceptors (Lipinski definition) is 4. The van der Waals surface area contributed by atoms with Crippen LogP contribution in [0.15, 0.2) is 54.0 Å². The quantitative estimate of drug-likeness (QED) is 0.765. The second-order valence-electron chi connectivity index (χ2n) is 6.49. The third-order valence-electron chi connectivity index (χ3n) is 5.02. The molecule has 1 aliphatic rings. The van der Waals surface area contributed by atoms with Crippen molar-refractivity contribution in [2.45, 2.75) is 18.9 Å². The smallest absolute Gasteiger partial charge is 0.306 e. The highest BCUT2D eigenvalue weighted by molar-refractivity contribution is 7.17. The van der Waals surface area contributed by atoms with Crippen LogP contribution >= 0.6 is 11.3 Å². The van der Waals surface area contributed by atoms with Crippen LogP contribution in [0.3, 0.4) is 0 Å². The van der Waals surface area contributed by atoms with E-state index in [9.17, 15) is 9.90 Å². The number of carboxylic acids is 1. The zero-order valence-electron chi connectivity index (χ0n) is 13.8. The van der Waals surface area contributed by atoms with Crippen LogP contribution in [0.2, 0.25) is 0 Å². The second kappa shape index (κ2) is 6.94. The first-order valence-corrected chi connectivity index (χ1v) is 9.46. The number of carbonyl (C=O) groups is 1. The highest BCUT2D eigenvalue weighted by atomic mass is 32.1. The largest absolute Gasteiger partial charge is 0.481 e. The van der Waals surface area contributed by atoms with Gasteiger partial charge in [-0.2, -0.15) is 0 Å². The molecule has 1 fully saturated rings.